The molecule has 73 heavy (non-hydrogen) atoms. The van der Waals surface area contributed by atoms with Crippen LogP contribution in [0.3, 0.4) is 0 Å². The number of nitrogens with zero attached hydrogens (tertiary/aromatic N) is 5. The number of hydrogen-bond acceptors (Lipinski definition) is 15. The summed E-state index contributed by atoms with van der Waals surface area (Å²) in [5, 5.41) is 57.7. The maximum Gasteiger partial charge on any atom is 2.00 e. The van der Waals surface area contributed by atoms with Crippen molar-refractivity contribution in [2.75, 3.05) is 19.5 Å². The van der Waals surface area contributed by atoms with Gasteiger partial charge in [0.25, 0.3) is 26.1 Å². The van der Waals surface area contributed by atoms with Gasteiger partial charge in [-0.05, 0) is 95.7 Å². The number of aliphatic imine (C=N–C) groups is 1. The van der Waals surface area contributed by atoms with Gasteiger partial charge >= 0.3 is 37.7 Å². The van der Waals surface area contributed by atoms with Crippen molar-refractivity contribution >= 4 is 149 Å². The van der Waals surface area contributed by atoms with Gasteiger partial charge < -0.3 is 30.1 Å². The quantitative estimate of drug-likeness (QED) is 0.0292. The minimum atomic E-state index is -4.61. The molecular formula is C50H38CaCl2N6O12S2. The third kappa shape index (κ3) is 12.7. The maximum absolute atomic E-state index is 13.3. The number of rotatable bonds is 12. The molecule has 0 unspecified atom stereocenters. The summed E-state index contributed by atoms with van der Waals surface area (Å²) in [5.41, 5.74) is 1.19. The molecule has 0 spiro atoms. The number of benzene rings is 8. The van der Waals surface area contributed by atoms with Gasteiger partial charge in [-0.2, -0.15) is 21.9 Å². The summed E-state index contributed by atoms with van der Waals surface area (Å²) < 4.78 is 75.7. The Balaban J connectivity index is 0.000000235. The molecule has 18 nitrogen and oxygen atoms in total. The van der Waals surface area contributed by atoms with E-state index in [1.165, 1.54) is 38.5 Å². The zero-order valence-electron chi connectivity index (χ0n) is 38.7. The van der Waals surface area contributed by atoms with Crippen LogP contribution in [-0.2, 0) is 20.2 Å². The van der Waals surface area contributed by atoms with Crippen molar-refractivity contribution in [2.24, 2.45) is 25.4 Å². The smallest absolute Gasteiger partial charge is 0.871 e. The van der Waals surface area contributed by atoms with Crippen molar-refractivity contribution in [3.05, 3.63) is 166 Å². The Morgan fingerprint density at radius 3 is 1.60 bits per heavy atom. The van der Waals surface area contributed by atoms with Gasteiger partial charge in [-0.15, -0.1) is 15.3 Å². The number of anilines is 1. The molecule has 0 aliphatic carbocycles. The topological polar surface area (TPSA) is 284 Å². The van der Waals surface area contributed by atoms with E-state index in [-0.39, 0.29) is 81.7 Å². The molecule has 0 bridgehead atoms. The largest absolute Gasteiger partial charge is 2.00 e. The number of azo groups is 2. The summed E-state index contributed by atoms with van der Waals surface area (Å²) in [6.45, 7) is 3.24. The van der Waals surface area contributed by atoms with Crippen LogP contribution in [0.5, 0.6) is 23.0 Å². The van der Waals surface area contributed by atoms with Crippen LogP contribution in [0.25, 0.3) is 21.5 Å². The zero-order chi connectivity index (χ0) is 52.1. The minimum absolute atomic E-state index is 0. The molecule has 0 aliphatic rings. The van der Waals surface area contributed by atoms with E-state index in [4.69, 9.17) is 32.7 Å². The van der Waals surface area contributed by atoms with Gasteiger partial charge in [0.15, 0.2) is 5.75 Å². The molecule has 8 aromatic rings. The van der Waals surface area contributed by atoms with E-state index in [9.17, 15) is 46.1 Å². The number of carbonyl (C=O) groups excluding carboxylic acids is 1. The standard InChI is InChI=1S/2C25H20ClN3O6S.Ca/c2*1-14-10-11-20(36(32,33)34)21(26)22(14)28-29-23-18-9-4-3-6-15(18)12-19(24(23)30)25(31)27-16-7-5-8-17(13-16)35-2;/h2*3-13,30H,1-2H3,(H,27,31)(H,32,33,34);/q;;+2/p-2. The van der Waals surface area contributed by atoms with Crippen LogP contribution in [0.15, 0.2) is 169 Å². The number of phenols is 1. The second-order valence-electron chi connectivity index (χ2n) is 15.4. The second kappa shape index (κ2) is 23.4. The van der Waals surface area contributed by atoms with E-state index in [1.807, 2.05) is 0 Å². The van der Waals surface area contributed by atoms with Crippen LogP contribution in [0.1, 0.15) is 27.0 Å². The molecule has 23 heteroatoms. The van der Waals surface area contributed by atoms with E-state index in [2.05, 4.69) is 30.8 Å². The average Bonchev–Trinajstić information content (AvgIpc) is 3.34. The number of ether oxygens (including phenoxy) is 2. The van der Waals surface area contributed by atoms with Gasteiger partial charge in [0, 0.05) is 28.6 Å². The SMILES string of the molecule is COc1cccc(N=C([O-])c2cc3ccccc3c(N=Nc3c(C)ccc(S(=O)(=O)O)c3Cl)c2[O-])c1.COc1cccc(NC(=O)c2cc3ccccc3c(N=Nc3c(C)ccc(S(=O)(=O)O)c3Cl)c2O)c1.[Ca+2]. The van der Waals surface area contributed by atoms with Gasteiger partial charge in [0.05, 0.1) is 41.2 Å². The third-order valence-electron chi connectivity index (χ3n) is 10.7. The Kier molecular flexibility index (Phi) is 17.8. The summed E-state index contributed by atoms with van der Waals surface area (Å²) in [4.78, 5) is 16.0. The molecule has 1 amide bonds. The van der Waals surface area contributed by atoms with E-state index < -0.39 is 53.3 Å². The minimum Gasteiger partial charge on any atom is -0.871 e. The van der Waals surface area contributed by atoms with E-state index in [0.29, 0.717) is 55.5 Å². The maximum atomic E-state index is 13.3. The Labute approximate surface area is 457 Å². The van der Waals surface area contributed by atoms with Gasteiger partial charge in [-0.3, -0.25) is 18.9 Å². The first kappa shape index (κ1) is 55.6. The Hall–Kier alpha value is -6.72. The predicted molar refractivity (Wildman–Crippen MR) is 275 cm³/mol. The molecule has 0 aliphatic heterocycles. The van der Waals surface area contributed by atoms with Crippen LogP contribution in [-0.4, -0.2) is 94.8 Å². The molecule has 8 rings (SSSR count). The number of methoxy groups -OCH3 is 2. The van der Waals surface area contributed by atoms with Crippen LogP contribution in [0, 0.1) is 13.8 Å². The zero-order valence-corrected chi connectivity index (χ0v) is 44.1. The number of halogens is 2. The molecule has 4 N–H and O–H groups in total. The number of amides is 1. The van der Waals surface area contributed by atoms with Crippen molar-refractivity contribution in [3.8, 4) is 23.0 Å². The summed E-state index contributed by atoms with van der Waals surface area (Å²) >= 11 is 12.4. The van der Waals surface area contributed by atoms with Crippen LogP contribution >= 0.6 is 23.2 Å². The van der Waals surface area contributed by atoms with Crippen molar-refractivity contribution in [2.45, 2.75) is 23.6 Å². The summed E-state index contributed by atoms with van der Waals surface area (Å²) in [6, 6.07) is 35.0. The van der Waals surface area contributed by atoms with Gasteiger partial charge in [-0.1, -0.05) is 102 Å². The average molecular weight is 1090 g/mol. The first-order valence-electron chi connectivity index (χ1n) is 20.9. The Morgan fingerprint density at radius 2 is 1.07 bits per heavy atom. The first-order valence-corrected chi connectivity index (χ1v) is 24.5. The fraction of sp³-hybridized carbons (Fsp3) is 0.0800. The molecule has 0 heterocycles. The molecular weight excluding hydrogens is 1050 g/mol. The van der Waals surface area contributed by atoms with E-state index in [1.54, 1.807) is 111 Å². The van der Waals surface area contributed by atoms with Gasteiger partial charge in [0.2, 0.25) is 0 Å². The third-order valence-corrected chi connectivity index (χ3v) is 13.5. The molecule has 0 saturated carbocycles. The number of aryl methyl sites for hydroxylation is 2. The molecule has 0 atom stereocenters. The van der Waals surface area contributed by atoms with Crippen molar-refractivity contribution in [1.82, 2.24) is 0 Å². The summed E-state index contributed by atoms with van der Waals surface area (Å²) in [5.74, 6) is -1.47. The molecule has 0 radical (unpaired) electrons. The van der Waals surface area contributed by atoms with Crippen molar-refractivity contribution < 1.29 is 55.5 Å². The van der Waals surface area contributed by atoms with Crippen LogP contribution in [0.2, 0.25) is 10.0 Å². The van der Waals surface area contributed by atoms with Crippen LogP contribution in [0.4, 0.5) is 34.1 Å². The van der Waals surface area contributed by atoms with Gasteiger partial charge in [-0.25, -0.2) is 0 Å². The van der Waals surface area contributed by atoms with Gasteiger partial charge in [0.1, 0.15) is 38.4 Å². The summed E-state index contributed by atoms with van der Waals surface area (Å²) in [7, 11) is -6.22. The molecule has 8 aromatic carbocycles. The molecule has 0 aromatic heterocycles. The van der Waals surface area contributed by atoms with E-state index in [0.717, 1.165) is 12.1 Å². The fourth-order valence-electron chi connectivity index (χ4n) is 7.05. The Morgan fingerprint density at radius 1 is 0.603 bits per heavy atom. The summed E-state index contributed by atoms with van der Waals surface area (Å²) in [6.07, 6.45) is 0. The molecule has 0 saturated heterocycles. The second-order valence-corrected chi connectivity index (χ2v) is 18.9. The van der Waals surface area contributed by atoms with Crippen LogP contribution < -0.4 is 25.0 Å². The number of hydrogen-bond donors (Lipinski definition) is 4. The molecule has 0 fully saturated rings. The monoisotopic (exact) mass is 1090 g/mol. The number of nitrogens with one attached hydrogen (secondary N) is 1. The van der Waals surface area contributed by atoms with Crippen molar-refractivity contribution in [1.29, 1.82) is 0 Å². The predicted octanol–water partition coefficient (Wildman–Crippen LogP) is 11.0. The first-order chi connectivity index (χ1) is 34.2. The number of carbonyl (C=O) groups is 1. The Bertz CT molecular complexity index is 3790. The number of fused-ring (bicyclic) bond motifs is 2. The molecule has 368 valence electrons. The normalized spacial score (nSPS) is 11.9. The fourth-order valence-corrected chi connectivity index (χ4v) is 9.26. The van der Waals surface area contributed by atoms with E-state index >= 15 is 0 Å². The van der Waals surface area contributed by atoms with Crippen molar-refractivity contribution in [3.63, 3.8) is 0 Å². The number of aromatic hydroxyl groups is 1. The number of phenolic OH excluding ortho intramolecular Hbond substituents is 1.